The first-order valence-corrected chi connectivity index (χ1v) is 6.18. The Morgan fingerprint density at radius 1 is 1.61 bits per heavy atom. The van der Waals surface area contributed by atoms with Crippen molar-refractivity contribution in [1.82, 2.24) is 9.88 Å². The van der Waals surface area contributed by atoms with E-state index in [0.717, 1.165) is 5.52 Å². The van der Waals surface area contributed by atoms with Crippen LogP contribution in [-0.2, 0) is 6.37 Å². The Balaban J connectivity index is 2.10. The van der Waals surface area contributed by atoms with E-state index in [4.69, 9.17) is 11.6 Å². The van der Waals surface area contributed by atoms with Gasteiger partial charge in [0.1, 0.15) is 5.75 Å². The molecule has 3 rings (SSSR count). The quantitative estimate of drug-likeness (QED) is 0.906. The second kappa shape index (κ2) is 4.65. The number of ether oxygens (including phenoxy) is 1. The number of likely N-dealkylation sites (N-methyl/N-ethyl adjacent to an activating group) is 1. The molecule has 1 N–H and O–H groups in total. The zero-order valence-corrected chi connectivity index (χ0v) is 10.4. The molecule has 1 aliphatic rings. The summed E-state index contributed by atoms with van der Waals surface area (Å²) in [5, 5.41) is 0.678. The van der Waals surface area contributed by atoms with E-state index in [2.05, 4.69) is 4.98 Å². The molecule has 2 heterocycles. The van der Waals surface area contributed by atoms with Crippen LogP contribution in [0.25, 0.3) is 10.9 Å². The predicted molar refractivity (Wildman–Crippen MR) is 74.2 cm³/mol. The third-order valence-electron chi connectivity index (χ3n) is 3.46. The normalized spacial score (nSPS) is 26.3. The van der Waals surface area contributed by atoms with Gasteiger partial charge in [-0.2, -0.15) is 0 Å². The van der Waals surface area contributed by atoms with Crippen LogP contribution in [0.1, 0.15) is 25.3 Å². The van der Waals surface area contributed by atoms with Crippen LogP contribution in [0.3, 0.4) is 0 Å². The van der Waals surface area contributed by atoms with Crippen molar-refractivity contribution in [3.05, 3.63) is 30.0 Å². The number of aromatic nitrogens is 1. The van der Waals surface area contributed by atoms with E-state index >= 15 is 0 Å². The molecule has 1 fully saturated rings. The second-order valence-corrected chi connectivity index (χ2v) is 4.58. The van der Waals surface area contributed by atoms with E-state index in [1.807, 2.05) is 12.1 Å². The van der Waals surface area contributed by atoms with Gasteiger partial charge in [0.2, 0.25) is 0 Å². The molecule has 1 atom stereocenters. The van der Waals surface area contributed by atoms with Crippen molar-refractivity contribution in [3.63, 3.8) is 0 Å². The molecule has 0 aliphatic carbocycles. The van der Waals surface area contributed by atoms with Crippen LogP contribution < -0.4 is 4.74 Å². The van der Waals surface area contributed by atoms with Crippen LogP contribution in [0, 0.1) is 0 Å². The van der Waals surface area contributed by atoms with E-state index in [9.17, 15) is 0 Å². The summed E-state index contributed by atoms with van der Waals surface area (Å²) in [6, 6.07) is 4.79. The predicted octanol–water partition coefficient (Wildman–Crippen LogP) is 2.81. The highest BCUT2D eigenvalue weighted by Gasteiger charge is 2.22. The third kappa shape index (κ3) is 1.89. The zero-order chi connectivity index (χ0) is 16.8. The fraction of sp³-hybridized carbons (Fsp3) is 0.467. The van der Waals surface area contributed by atoms with Crippen LogP contribution in [0.4, 0.5) is 0 Å². The van der Waals surface area contributed by atoms with Crippen LogP contribution in [0.5, 0.6) is 5.75 Å². The Kier molecular flexibility index (Phi) is 1.86. The van der Waals surface area contributed by atoms with Crippen molar-refractivity contribution in [3.8, 4) is 5.75 Å². The molecule has 1 saturated heterocycles. The van der Waals surface area contributed by atoms with E-state index in [-0.39, 0.29) is 0 Å². The smallest absolute Gasteiger partial charge is 0.128 e. The van der Waals surface area contributed by atoms with Crippen LogP contribution in [-0.4, -0.2) is 36.6 Å². The lowest BCUT2D eigenvalue weighted by Crippen LogP contribution is -2.26. The number of nitrogens with zero attached hydrogens (tertiary/aromatic N) is 1. The summed E-state index contributed by atoms with van der Waals surface area (Å²) in [7, 11) is 1.55. The molecule has 0 saturated carbocycles. The van der Waals surface area contributed by atoms with E-state index in [1.165, 1.54) is 4.90 Å². The molecule has 1 aliphatic heterocycles. The van der Waals surface area contributed by atoms with Gasteiger partial charge in [-0.1, -0.05) is 6.07 Å². The van der Waals surface area contributed by atoms with Gasteiger partial charge in [-0.05, 0) is 50.4 Å². The number of methoxy groups -OCH3 is 1. The SMILES string of the molecule is [2H]C([2H])(c1c[nH]c2cccc(OC)c12)[C@H]1CCCN1C([2H])([2H])[2H]. The van der Waals surface area contributed by atoms with Crippen molar-refractivity contribution >= 4 is 10.9 Å². The van der Waals surface area contributed by atoms with Gasteiger partial charge < -0.3 is 14.6 Å². The Bertz CT molecular complexity index is 709. The highest BCUT2D eigenvalue weighted by atomic mass is 16.5. The van der Waals surface area contributed by atoms with Gasteiger partial charge in [0.15, 0.2) is 0 Å². The minimum absolute atomic E-state index is 0.389. The number of likely N-dealkylation sites (tertiary alicyclic amines) is 1. The Morgan fingerprint density at radius 3 is 3.39 bits per heavy atom. The van der Waals surface area contributed by atoms with Gasteiger partial charge in [-0.3, -0.25) is 0 Å². The Morgan fingerprint density at radius 2 is 2.56 bits per heavy atom. The van der Waals surface area contributed by atoms with Gasteiger partial charge in [-0.25, -0.2) is 0 Å². The average molecular weight is 249 g/mol. The molecule has 2 aromatic rings. The van der Waals surface area contributed by atoms with E-state index in [0.29, 0.717) is 36.1 Å². The number of aromatic amines is 1. The molecule has 0 bridgehead atoms. The number of fused-ring (bicyclic) bond motifs is 1. The maximum absolute atomic E-state index is 8.64. The van der Waals surface area contributed by atoms with E-state index in [1.54, 1.807) is 19.4 Å². The lowest BCUT2D eigenvalue weighted by Gasteiger charge is -2.19. The van der Waals surface area contributed by atoms with Gasteiger partial charge in [-0.15, -0.1) is 0 Å². The first-order valence-electron chi connectivity index (χ1n) is 8.68. The van der Waals surface area contributed by atoms with Crippen molar-refractivity contribution in [2.75, 3.05) is 20.6 Å². The summed E-state index contributed by atoms with van der Waals surface area (Å²) in [5.41, 5.74) is 1.23. The fourth-order valence-corrected chi connectivity index (χ4v) is 2.53. The number of H-pyrrole nitrogens is 1. The van der Waals surface area contributed by atoms with Crippen molar-refractivity contribution in [2.24, 2.45) is 0 Å². The fourth-order valence-electron chi connectivity index (χ4n) is 2.53. The molecule has 0 spiro atoms. The molecular weight excluding hydrogens is 224 g/mol. The van der Waals surface area contributed by atoms with Gasteiger partial charge in [0.25, 0.3) is 0 Å². The number of hydrogen-bond acceptors (Lipinski definition) is 2. The number of benzene rings is 1. The Labute approximate surface area is 115 Å². The van der Waals surface area contributed by atoms with Crippen molar-refractivity contribution in [2.45, 2.75) is 25.3 Å². The number of hydrogen-bond donors (Lipinski definition) is 1. The minimum Gasteiger partial charge on any atom is -0.496 e. The number of nitrogens with one attached hydrogen (secondary N) is 1. The highest BCUT2D eigenvalue weighted by molar-refractivity contribution is 5.89. The lowest BCUT2D eigenvalue weighted by molar-refractivity contribution is 0.309. The van der Waals surface area contributed by atoms with E-state index < -0.39 is 19.4 Å². The lowest BCUT2D eigenvalue weighted by atomic mass is 10.0. The molecule has 96 valence electrons. The van der Waals surface area contributed by atoms with Crippen LogP contribution >= 0.6 is 0 Å². The zero-order valence-electron chi connectivity index (χ0n) is 15.4. The average Bonchev–Trinajstić information content (AvgIpc) is 3.13. The molecule has 0 amide bonds. The second-order valence-electron chi connectivity index (χ2n) is 4.58. The summed E-state index contributed by atoms with van der Waals surface area (Å²) in [4.78, 5) is 4.37. The number of rotatable bonds is 3. The summed E-state index contributed by atoms with van der Waals surface area (Å²) >= 11 is 0. The third-order valence-corrected chi connectivity index (χ3v) is 3.46. The van der Waals surface area contributed by atoms with Gasteiger partial charge in [0, 0.05) is 30.0 Å². The molecule has 3 nitrogen and oxygen atoms in total. The van der Waals surface area contributed by atoms with Gasteiger partial charge >= 0.3 is 0 Å². The minimum atomic E-state index is -2.29. The topological polar surface area (TPSA) is 28.3 Å². The summed E-state index contributed by atoms with van der Waals surface area (Å²) < 4.78 is 45.7. The maximum atomic E-state index is 8.64. The molecule has 1 aromatic heterocycles. The summed E-state index contributed by atoms with van der Waals surface area (Å²) in [6.07, 6.45) is 1.04. The molecule has 0 radical (unpaired) electrons. The molecule has 0 unspecified atom stereocenters. The van der Waals surface area contributed by atoms with Crippen molar-refractivity contribution < 1.29 is 11.6 Å². The molecular formula is C15H20N2O. The first kappa shape index (κ1) is 7.19. The standard InChI is InChI=1S/C15H20N2O/c1-17-8-4-5-12(17)9-11-10-16-13-6-3-7-14(18-2)15(11)13/h3,6-7,10,12,16H,4-5,8-9H2,1-2H3/t12-/m1/s1/i1D3,9D2. The summed E-state index contributed by atoms with van der Waals surface area (Å²) in [6.45, 7) is -1.90. The van der Waals surface area contributed by atoms with Crippen molar-refractivity contribution in [1.29, 1.82) is 0 Å². The first-order chi connectivity index (χ1) is 10.8. The monoisotopic (exact) mass is 249 g/mol. The summed E-state index contributed by atoms with van der Waals surface area (Å²) in [5.74, 6) is 0.584. The van der Waals surface area contributed by atoms with Gasteiger partial charge in [0.05, 0.1) is 7.11 Å². The molecule has 1 aromatic carbocycles. The maximum Gasteiger partial charge on any atom is 0.128 e. The molecule has 3 heteroatoms. The van der Waals surface area contributed by atoms with Crippen LogP contribution in [0.15, 0.2) is 24.4 Å². The highest BCUT2D eigenvalue weighted by Crippen LogP contribution is 2.31. The Hall–Kier alpha value is -1.48. The van der Waals surface area contributed by atoms with Crippen LogP contribution in [0.2, 0.25) is 0 Å². The molecule has 18 heavy (non-hydrogen) atoms. The largest absolute Gasteiger partial charge is 0.496 e.